The lowest BCUT2D eigenvalue weighted by Crippen LogP contribution is -1.90. The molecule has 6 nitrogen and oxygen atoms in total. The Morgan fingerprint density at radius 1 is 1.77 bits per heavy atom. The van der Waals surface area contributed by atoms with Gasteiger partial charge in [0.05, 0.1) is 6.42 Å². The average Bonchev–Trinajstić information content (AvgIpc) is 2.53. The molecule has 0 aliphatic rings. The lowest BCUT2D eigenvalue weighted by Gasteiger charge is -1.87. The molecule has 1 aromatic rings. The molecule has 0 aromatic carbocycles. The van der Waals surface area contributed by atoms with E-state index >= 15 is 0 Å². The van der Waals surface area contributed by atoms with Crippen molar-refractivity contribution < 1.29 is 9.72 Å². The topological polar surface area (TPSA) is 88.9 Å². The fourth-order valence-electron chi connectivity index (χ4n) is 0.695. The summed E-state index contributed by atoms with van der Waals surface area (Å²) < 4.78 is 0. The van der Waals surface area contributed by atoms with Crippen molar-refractivity contribution in [3.8, 4) is 11.8 Å². The van der Waals surface area contributed by atoms with E-state index < -0.39 is 4.92 Å². The summed E-state index contributed by atoms with van der Waals surface area (Å²) in [6.45, 7) is 0. The predicted octanol–water partition coefficient (Wildman–Crippen LogP) is 0.258. The smallest absolute Gasteiger partial charge is 0.356 e. The molecule has 0 amide bonds. The number of hydrogen-bond donors (Lipinski definition) is 1. The van der Waals surface area contributed by atoms with Gasteiger partial charge in [-0.15, -0.1) is 0 Å². The molecule has 0 unspecified atom stereocenters. The molecule has 0 atom stereocenters. The van der Waals surface area contributed by atoms with Gasteiger partial charge in [0.1, 0.15) is 6.29 Å². The molecule has 0 aliphatic carbocycles. The maximum Gasteiger partial charge on any atom is 0.356 e. The quantitative estimate of drug-likeness (QED) is 0.305. The molecule has 1 heterocycles. The highest BCUT2D eigenvalue weighted by molar-refractivity contribution is 5.55. The Kier molecular flexibility index (Phi) is 2.76. The van der Waals surface area contributed by atoms with Crippen LogP contribution in [-0.4, -0.2) is 21.2 Å². The van der Waals surface area contributed by atoms with E-state index in [0.29, 0.717) is 6.29 Å². The summed E-state index contributed by atoms with van der Waals surface area (Å²) in [5, 5.41) is 10.3. The van der Waals surface area contributed by atoms with Crippen LogP contribution in [0.5, 0.6) is 0 Å². The zero-order chi connectivity index (χ0) is 9.68. The van der Waals surface area contributed by atoms with E-state index in [2.05, 4.69) is 21.8 Å². The highest BCUT2D eigenvalue weighted by Crippen LogP contribution is 2.09. The zero-order valence-electron chi connectivity index (χ0n) is 6.48. The van der Waals surface area contributed by atoms with Crippen LogP contribution in [0.25, 0.3) is 0 Å². The molecular formula is C7H5N3O3. The van der Waals surface area contributed by atoms with E-state index in [1.165, 1.54) is 6.33 Å². The van der Waals surface area contributed by atoms with Gasteiger partial charge < -0.3 is 14.9 Å². The summed E-state index contributed by atoms with van der Waals surface area (Å²) in [7, 11) is 0. The minimum atomic E-state index is -0.613. The van der Waals surface area contributed by atoms with Crippen molar-refractivity contribution in [2.24, 2.45) is 0 Å². The maximum absolute atomic E-state index is 10.3. The van der Waals surface area contributed by atoms with Crippen LogP contribution in [0.2, 0.25) is 0 Å². The molecule has 0 bridgehead atoms. The van der Waals surface area contributed by atoms with Gasteiger partial charge in [-0.1, -0.05) is 5.92 Å². The summed E-state index contributed by atoms with van der Waals surface area (Å²) in [5.74, 6) is 4.59. The lowest BCUT2D eigenvalue weighted by atomic mass is 10.4. The first-order chi connectivity index (χ1) is 6.25. The van der Waals surface area contributed by atoms with Gasteiger partial charge in [-0.3, -0.25) is 0 Å². The van der Waals surface area contributed by atoms with Crippen LogP contribution >= 0.6 is 0 Å². The van der Waals surface area contributed by atoms with Crippen LogP contribution in [0.4, 0.5) is 5.82 Å². The second-order valence-corrected chi connectivity index (χ2v) is 2.03. The third-order valence-electron chi connectivity index (χ3n) is 1.19. The molecule has 0 radical (unpaired) electrons. The van der Waals surface area contributed by atoms with Gasteiger partial charge in [-0.2, -0.15) is 4.98 Å². The minimum Gasteiger partial charge on any atom is -0.358 e. The Balaban J connectivity index is 2.90. The summed E-state index contributed by atoms with van der Waals surface area (Å²) in [6, 6.07) is 0. The molecule has 0 fully saturated rings. The summed E-state index contributed by atoms with van der Waals surface area (Å²) in [5.41, 5.74) is 0.0480. The van der Waals surface area contributed by atoms with Gasteiger partial charge in [-0.05, 0) is 10.8 Å². The second-order valence-electron chi connectivity index (χ2n) is 2.03. The third kappa shape index (κ3) is 2.13. The third-order valence-corrected chi connectivity index (χ3v) is 1.19. The molecular weight excluding hydrogens is 174 g/mol. The number of nitrogens with zero attached hydrogens (tertiary/aromatic N) is 2. The fourth-order valence-corrected chi connectivity index (χ4v) is 0.695. The molecule has 1 aromatic heterocycles. The van der Waals surface area contributed by atoms with E-state index in [0.717, 1.165) is 0 Å². The van der Waals surface area contributed by atoms with Crippen LogP contribution in [0.1, 0.15) is 12.1 Å². The number of aromatic nitrogens is 2. The Morgan fingerprint density at radius 3 is 3.15 bits per heavy atom. The fraction of sp³-hybridized carbons (Fsp3) is 0.143. The van der Waals surface area contributed by atoms with Crippen LogP contribution < -0.4 is 0 Å². The molecule has 1 rings (SSSR count). The normalized spacial score (nSPS) is 8.62. The monoisotopic (exact) mass is 179 g/mol. The maximum atomic E-state index is 10.3. The molecule has 13 heavy (non-hydrogen) atoms. The molecule has 0 spiro atoms. The van der Waals surface area contributed by atoms with Crippen molar-refractivity contribution in [1.29, 1.82) is 0 Å². The second kappa shape index (κ2) is 4.01. The van der Waals surface area contributed by atoms with E-state index in [-0.39, 0.29) is 17.9 Å². The van der Waals surface area contributed by atoms with E-state index in [9.17, 15) is 14.9 Å². The number of aromatic amines is 1. The molecule has 1 N–H and O–H groups in total. The summed E-state index contributed by atoms with van der Waals surface area (Å²) >= 11 is 0. The first kappa shape index (κ1) is 8.93. The Bertz CT molecular complexity index is 385. The number of nitrogens with one attached hydrogen (secondary N) is 1. The van der Waals surface area contributed by atoms with Crippen molar-refractivity contribution >= 4 is 12.1 Å². The summed E-state index contributed by atoms with van der Waals surface area (Å²) in [4.78, 5) is 25.5. The number of rotatable bonds is 2. The standard InChI is InChI=1S/C7H5N3O3/c11-4-2-1-3-6-7(10(12)13)9-5-8-6/h4-5H,2H2,(H,8,9). The zero-order valence-corrected chi connectivity index (χ0v) is 6.48. The van der Waals surface area contributed by atoms with Gasteiger partial charge in [0.25, 0.3) is 0 Å². The molecule has 0 saturated heterocycles. The molecule has 0 aliphatic heterocycles. The van der Waals surface area contributed by atoms with Gasteiger partial charge in [0.15, 0.2) is 6.33 Å². The summed E-state index contributed by atoms with van der Waals surface area (Å²) in [6.07, 6.45) is 1.85. The van der Waals surface area contributed by atoms with E-state index in [1.54, 1.807) is 0 Å². The Hall–Kier alpha value is -2.16. The van der Waals surface area contributed by atoms with E-state index in [1.807, 2.05) is 0 Å². The lowest BCUT2D eigenvalue weighted by molar-refractivity contribution is -0.389. The van der Waals surface area contributed by atoms with Crippen molar-refractivity contribution in [2.45, 2.75) is 6.42 Å². The molecule has 0 saturated carbocycles. The molecule has 66 valence electrons. The van der Waals surface area contributed by atoms with Crippen LogP contribution in [0, 0.1) is 22.0 Å². The number of imidazole rings is 1. The number of carbonyl (C=O) groups is 1. The highest BCUT2D eigenvalue weighted by Gasteiger charge is 2.11. The minimum absolute atomic E-state index is 0.0456. The van der Waals surface area contributed by atoms with Gasteiger partial charge in [-0.25, -0.2) is 4.98 Å². The number of H-pyrrole nitrogens is 1. The highest BCUT2D eigenvalue weighted by atomic mass is 16.6. The number of carbonyl (C=O) groups excluding carboxylic acids is 1. The predicted molar refractivity (Wildman–Crippen MR) is 42.8 cm³/mol. The van der Waals surface area contributed by atoms with Gasteiger partial charge in [0, 0.05) is 0 Å². The average molecular weight is 179 g/mol. The van der Waals surface area contributed by atoms with E-state index in [4.69, 9.17) is 0 Å². The van der Waals surface area contributed by atoms with Crippen molar-refractivity contribution in [1.82, 2.24) is 9.97 Å². The first-order valence-electron chi connectivity index (χ1n) is 3.36. The number of nitro groups is 1. The first-order valence-corrected chi connectivity index (χ1v) is 3.36. The van der Waals surface area contributed by atoms with Crippen LogP contribution in [-0.2, 0) is 4.79 Å². The van der Waals surface area contributed by atoms with Crippen LogP contribution in [0.15, 0.2) is 6.33 Å². The van der Waals surface area contributed by atoms with Crippen molar-refractivity contribution in [3.05, 3.63) is 22.1 Å². The number of hydrogen-bond acceptors (Lipinski definition) is 4. The number of aldehydes is 1. The van der Waals surface area contributed by atoms with Crippen LogP contribution in [0.3, 0.4) is 0 Å². The van der Waals surface area contributed by atoms with Crippen molar-refractivity contribution in [2.75, 3.05) is 0 Å². The van der Waals surface area contributed by atoms with Crippen molar-refractivity contribution in [3.63, 3.8) is 0 Å². The largest absolute Gasteiger partial charge is 0.358 e. The Labute approximate surface area is 73.1 Å². The SMILES string of the molecule is O=CCC#Cc1nc[nH]c1[N+](=O)[O-]. The van der Waals surface area contributed by atoms with Gasteiger partial charge in [0.2, 0.25) is 5.69 Å². The van der Waals surface area contributed by atoms with Gasteiger partial charge >= 0.3 is 5.82 Å². The Morgan fingerprint density at radius 2 is 2.54 bits per heavy atom. The molecule has 6 heteroatoms.